The van der Waals surface area contributed by atoms with Gasteiger partial charge in [-0.3, -0.25) is 0 Å². The van der Waals surface area contributed by atoms with Gasteiger partial charge in [-0.25, -0.2) is 0 Å². The molecule has 0 unspecified atom stereocenters. The maximum atomic E-state index is 3.81. The molecule has 0 spiro atoms. The number of aryl methyl sites for hydroxylation is 1. The van der Waals surface area contributed by atoms with Crippen molar-refractivity contribution in [1.82, 2.24) is 18.7 Å². The van der Waals surface area contributed by atoms with E-state index in [1.807, 2.05) is 0 Å². The number of H-pyrrole nitrogens is 1. The molecular formula is C78H52N4. The number of fused-ring (bicyclic) bond motifs is 19. The number of hydrogen-bond donors (Lipinski definition) is 1. The van der Waals surface area contributed by atoms with Crippen LogP contribution in [0.1, 0.15) is 25.0 Å². The van der Waals surface area contributed by atoms with Gasteiger partial charge in [-0.05, 0) is 180 Å². The van der Waals surface area contributed by atoms with Gasteiger partial charge >= 0.3 is 0 Å². The quantitative estimate of drug-likeness (QED) is 0.178. The summed E-state index contributed by atoms with van der Waals surface area (Å²) in [5, 5.41) is 15.2. The molecule has 1 aliphatic carbocycles. The van der Waals surface area contributed by atoms with Crippen molar-refractivity contribution >= 4 is 109 Å². The SMILES string of the molecule is Cn1c2ccc(-c3ccc4c(c3)c3ccccc3n4-c3ccc4c(c3)-c3ccc(-c5ccc6c(c5)[nH]c5ccc(-c7ccc8c(c7)c7c9ccccc9ccc7n8-c7ccccc7)cc56)cc3C4(C)C)cc2c2c3ccccc3ccc21. The van der Waals surface area contributed by atoms with Gasteiger partial charge in [0.15, 0.2) is 0 Å². The molecule has 1 N–H and O–H groups in total. The third kappa shape index (κ3) is 6.32. The topological polar surface area (TPSA) is 30.6 Å². The van der Waals surface area contributed by atoms with Crippen molar-refractivity contribution in [2.24, 2.45) is 7.05 Å². The lowest BCUT2D eigenvalue weighted by Gasteiger charge is -2.22. The van der Waals surface area contributed by atoms with Crippen LogP contribution < -0.4 is 0 Å². The molecule has 0 aliphatic heterocycles. The second-order valence-corrected chi connectivity index (χ2v) is 23.4. The van der Waals surface area contributed by atoms with E-state index in [-0.39, 0.29) is 5.41 Å². The van der Waals surface area contributed by atoms with Gasteiger partial charge < -0.3 is 18.7 Å². The molecule has 0 radical (unpaired) electrons. The fraction of sp³-hybridized carbons (Fsp3) is 0.0513. The number of aromatic amines is 1. The normalized spacial score (nSPS) is 13.2. The molecule has 0 bridgehead atoms. The highest BCUT2D eigenvalue weighted by Gasteiger charge is 2.36. The molecule has 17 aromatic rings. The van der Waals surface area contributed by atoms with Gasteiger partial charge in [0.1, 0.15) is 0 Å². The third-order valence-electron chi connectivity index (χ3n) is 18.8. The standard InChI is InChI=1S/C78H52N4/c1-78(2)66-32-29-55(82-71-20-12-11-19-60(71)63-40-49(27-35-72(63)82)50-26-34-70-64(41-50)76-56-17-9-7-13-46(56)24-37-74(76)80(70)3)45-61(66)58-30-21-52(43-67(58)78)53-22-31-59-62-39-48(23-33-68(62)79-69(59)44-53)51-28-36-73-65(42-51)77-57-18-10-8-14-47(57)25-38-75(77)81(73)54-15-5-4-6-16-54/h4-45,79H,1-3H3. The molecule has 0 amide bonds. The molecule has 1 aliphatic rings. The van der Waals surface area contributed by atoms with Gasteiger partial charge in [0.25, 0.3) is 0 Å². The molecule has 4 heteroatoms. The molecule has 0 saturated carbocycles. The lowest BCUT2D eigenvalue weighted by molar-refractivity contribution is 0.660. The van der Waals surface area contributed by atoms with E-state index in [9.17, 15) is 0 Å². The minimum absolute atomic E-state index is 0.180. The maximum absolute atomic E-state index is 3.81. The molecular weight excluding hydrogens is 993 g/mol. The monoisotopic (exact) mass is 1040 g/mol. The zero-order chi connectivity index (χ0) is 54.1. The number of nitrogens with one attached hydrogen (secondary N) is 1. The zero-order valence-electron chi connectivity index (χ0n) is 45.6. The summed E-state index contributed by atoms with van der Waals surface area (Å²) in [5.41, 5.74) is 24.4. The summed E-state index contributed by atoms with van der Waals surface area (Å²) in [6.07, 6.45) is 0. The molecule has 0 saturated heterocycles. The van der Waals surface area contributed by atoms with Gasteiger partial charge in [-0.1, -0.05) is 166 Å². The Hall–Kier alpha value is -10.4. The summed E-state index contributed by atoms with van der Waals surface area (Å²) >= 11 is 0. The van der Waals surface area contributed by atoms with Crippen LogP contribution in [0.2, 0.25) is 0 Å². The molecule has 82 heavy (non-hydrogen) atoms. The molecule has 384 valence electrons. The minimum atomic E-state index is -0.180. The minimum Gasteiger partial charge on any atom is -0.354 e. The molecule has 4 heterocycles. The first-order chi connectivity index (χ1) is 40.3. The fourth-order valence-electron chi connectivity index (χ4n) is 14.7. The van der Waals surface area contributed by atoms with E-state index in [1.165, 1.54) is 165 Å². The van der Waals surface area contributed by atoms with Crippen molar-refractivity contribution < 1.29 is 0 Å². The van der Waals surface area contributed by atoms with Crippen molar-refractivity contribution in [2.45, 2.75) is 19.3 Å². The van der Waals surface area contributed by atoms with Crippen molar-refractivity contribution in [3.05, 3.63) is 266 Å². The molecule has 0 atom stereocenters. The summed E-state index contributed by atoms with van der Waals surface area (Å²) in [6, 6.07) is 95.5. The summed E-state index contributed by atoms with van der Waals surface area (Å²) in [6.45, 7) is 4.78. The predicted octanol–water partition coefficient (Wildman–Crippen LogP) is 20.8. The highest BCUT2D eigenvalue weighted by molar-refractivity contribution is 6.23. The van der Waals surface area contributed by atoms with Gasteiger partial charge in [0.2, 0.25) is 0 Å². The van der Waals surface area contributed by atoms with Crippen LogP contribution >= 0.6 is 0 Å². The van der Waals surface area contributed by atoms with E-state index in [2.05, 4.69) is 294 Å². The van der Waals surface area contributed by atoms with Crippen molar-refractivity contribution in [3.8, 4) is 55.9 Å². The number of hydrogen-bond acceptors (Lipinski definition) is 0. The van der Waals surface area contributed by atoms with Crippen LogP contribution in [-0.2, 0) is 12.5 Å². The Morgan fingerprint density at radius 3 is 1.57 bits per heavy atom. The van der Waals surface area contributed by atoms with Crippen LogP contribution in [0.15, 0.2) is 255 Å². The second-order valence-electron chi connectivity index (χ2n) is 23.4. The van der Waals surface area contributed by atoms with E-state index in [0.29, 0.717) is 0 Å². The van der Waals surface area contributed by atoms with Crippen LogP contribution in [0.5, 0.6) is 0 Å². The van der Waals surface area contributed by atoms with Crippen molar-refractivity contribution in [3.63, 3.8) is 0 Å². The number of para-hydroxylation sites is 2. The first-order valence-electron chi connectivity index (χ1n) is 28.6. The second kappa shape index (κ2) is 16.6. The Balaban J connectivity index is 0.693. The molecule has 4 aromatic heterocycles. The van der Waals surface area contributed by atoms with Gasteiger partial charge in [0.05, 0.1) is 22.1 Å². The summed E-state index contributed by atoms with van der Waals surface area (Å²) in [5.74, 6) is 0. The van der Waals surface area contributed by atoms with Crippen molar-refractivity contribution in [2.75, 3.05) is 0 Å². The summed E-state index contributed by atoms with van der Waals surface area (Å²) in [4.78, 5) is 3.81. The van der Waals surface area contributed by atoms with Crippen LogP contribution in [0.4, 0.5) is 0 Å². The third-order valence-corrected chi connectivity index (χ3v) is 18.8. The predicted molar refractivity (Wildman–Crippen MR) is 347 cm³/mol. The van der Waals surface area contributed by atoms with Crippen LogP contribution in [-0.4, -0.2) is 18.7 Å². The Bertz CT molecular complexity index is 5620. The Morgan fingerprint density at radius 2 is 0.817 bits per heavy atom. The molecule has 4 nitrogen and oxygen atoms in total. The number of nitrogens with zero attached hydrogens (tertiary/aromatic N) is 3. The molecule has 18 rings (SSSR count). The average Bonchev–Trinajstić information content (AvgIpc) is 4.49. The van der Waals surface area contributed by atoms with Gasteiger partial charge in [-0.2, -0.15) is 0 Å². The van der Waals surface area contributed by atoms with Crippen LogP contribution in [0, 0.1) is 0 Å². The first-order valence-corrected chi connectivity index (χ1v) is 28.6. The Morgan fingerprint density at radius 1 is 0.293 bits per heavy atom. The lowest BCUT2D eigenvalue weighted by atomic mass is 9.81. The number of aromatic nitrogens is 4. The smallest absolute Gasteiger partial charge is 0.0547 e. The highest BCUT2D eigenvalue weighted by atomic mass is 15.0. The lowest BCUT2D eigenvalue weighted by Crippen LogP contribution is -2.15. The van der Waals surface area contributed by atoms with Crippen LogP contribution in [0.25, 0.3) is 165 Å². The maximum Gasteiger partial charge on any atom is 0.0547 e. The fourth-order valence-corrected chi connectivity index (χ4v) is 14.7. The first kappa shape index (κ1) is 45.4. The van der Waals surface area contributed by atoms with E-state index >= 15 is 0 Å². The van der Waals surface area contributed by atoms with E-state index in [0.717, 1.165) is 11.0 Å². The molecule has 0 fully saturated rings. The summed E-state index contributed by atoms with van der Waals surface area (Å²) < 4.78 is 7.22. The average molecular weight is 1050 g/mol. The highest BCUT2D eigenvalue weighted by Crippen LogP contribution is 2.51. The summed E-state index contributed by atoms with van der Waals surface area (Å²) in [7, 11) is 2.19. The Kier molecular flexibility index (Phi) is 9.19. The van der Waals surface area contributed by atoms with Gasteiger partial charge in [-0.15, -0.1) is 0 Å². The Labute approximate surface area is 473 Å². The number of rotatable bonds is 5. The largest absolute Gasteiger partial charge is 0.354 e. The molecule has 13 aromatic carbocycles. The van der Waals surface area contributed by atoms with E-state index in [1.54, 1.807) is 0 Å². The zero-order valence-corrected chi connectivity index (χ0v) is 45.6. The van der Waals surface area contributed by atoms with E-state index < -0.39 is 0 Å². The van der Waals surface area contributed by atoms with E-state index in [4.69, 9.17) is 0 Å². The van der Waals surface area contributed by atoms with Crippen LogP contribution in [0.3, 0.4) is 0 Å². The number of benzene rings is 13. The van der Waals surface area contributed by atoms with Gasteiger partial charge in [0, 0.05) is 89.0 Å². The van der Waals surface area contributed by atoms with Crippen molar-refractivity contribution in [1.29, 1.82) is 0 Å².